The summed E-state index contributed by atoms with van der Waals surface area (Å²) in [6.45, 7) is 4.05. The maximum absolute atomic E-state index is 13.2. The van der Waals surface area contributed by atoms with Gasteiger partial charge in [0.25, 0.3) is 5.56 Å². The van der Waals surface area contributed by atoms with Crippen LogP contribution in [0.2, 0.25) is 0 Å². The van der Waals surface area contributed by atoms with Crippen LogP contribution in [-0.4, -0.2) is 26.1 Å². The second-order valence-corrected chi connectivity index (χ2v) is 8.81. The van der Waals surface area contributed by atoms with Gasteiger partial charge in [0.2, 0.25) is 5.91 Å². The molecule has 180 valence electrons. The van der Waals surface area contributed by atoms with Crippen molar-refractivity contribution in [2.24, 2.45) is 12.0 Å². The lowest BCUT2D eigenvalue weighted by atomic mass is 10.2. The van der Waals surface area contributed by atoms with Gasteiger partial charge in [-0.15, -0.1) is 0 Å². The molecule has 5 aromatic rings. The molecule has 0 saturated heterocycles. The van der Waals surface area contributed by atoms with E-state index in [0.29, 0.717) is 5.69 Å². The molecule has 0 radical (unpaired) electrons. The predicted molar refractivity (Wildman–Crippen MR) is 145 cm³/mol. The molecule has 0 atom stereocenters. The van der Waals surface area contributed by atoms with Crippen LogP contribution in [0, 0.1) is 13.8 Å². The van der Waals surface area contributed by atoms with E-state index < -0.39 is 0 Å². The zero-order valence-corrected chi connectivity index (χ0v) is 20.5. The Balaban J connectivity index is 1.46. The summed E-state index contributed by atoms with van der Waals surface area (Å²) >= 11 is 0. The van der Waals surface area contributed by atoms with Crippen LogP contribution in [-0.2, 0) is 18.4 Å². The Morgan fingerprint density at radius 3 is 2.39 bits per heavy atom. The molecule has 36 heavy (non-hydrogen) atoms. The highest BCUT2D eigenvalue weighted by atomic mass is 16.2. The summed E-state index contributed by atoms with van der Waals surface area (Å²) in [5.41, 5.74) is 5.41. The number of benzene rings is 3. The molecule has 2 heterocycles. The molecule has 7 nitrogen and oxygen atoms in total. The fourth-order valence-corrected chi connectivity index (χ4v) is 4.34. The van der Waals surface area contributed by atoms with Crippen molar-refractivity contribution in [3.63, 3.8) is 0 Å². The molecule has 2 aromatic heterocycles. The van der Waals surface area contributed by atoms with Gasteiger partial charge in [-0.1, -0.05) is 54.1 Å². The van der Waals surface area contributed by atoms with E-state index in [-0.39, 0.29) is 18.0 Å². The molecule has 0 bridgehead atoms. The van der Waals surface area contributed by atoms with Crippen LogP contribution < -0.4 is 10.9 Å². The summed E-state index contributed by atoms with van der Waals surface area (Å²) in [7, 11) is 1.85. The van der Waals surface area contributed by atoms with Crippen molar-refractivity contribution in [1.82, 2.24) is 13.9 Å². The van der Waals surface area contributed by atoms with Crippen LogP contribution in [0.25, 0.3) is 16.6 Å². The van der Waals surface area contributed by atoms with Crippen LogP contribution in [0.15, 0.2) is 94.8 Å². The monoisotopic (exact) mass is 477 g/mol. The van der Waals surface area contributed by atoms with Gasteiger partial charge in [-0.05, 0) is 44.2 Å². The first-order chi connectivity index (χ1) is 17.4. The SMILES string of the molecule is Cc1ccc(NC(=O)Cn2cc(C=Nc3c(C)n(C)n(-c4ccccc4)c3=O)c3ccccc32)cc1. The van der Waals surface area contributed by atoms with E-state index in [4.69, 9.17) is 0 Å². The van der Waals surface area contributed by atoms with Crippen molar-refractivity contribution in [3.05, 3.63) is 112 Å². The van der Waals surface area contributed by atoms with E-state index in [0.717, 1.165) is 39.1 Å². The molecular formula is C29H27N5O2. The maximum Gasteiger partial charge on any atom is 0.297 e. The lowest BCUT2D eigenvalue weighted by Crippen LogP contribution is -2.19. The number of carbonyl (C=O) groups excluding carboxylic acids is 1. The molecule has 0 fully saturated rings. The van der Waals surface area contributed by atoms with Crippen molar-refractivity contribution in [2.75, 3.05) is 5.32 Å². The number of rotatable bonds is 6. The summed E-state index contributed by atoms with van der Waals surface area (Å²) in [5.74, 6) is -0.118. The Bertz CT molecular complexity index is 1640. The topological polar surface area (TPSA) is 73.3 Å². The first-order valence-corrected chi connectivity index (χ1v) is 11.7. The number of nitrogens with zero attached hydrogens (tertiary/aromatic N) is 4. The molecule has 0 aliphatic rings. The third kappa shape index (κ3) is 4.38. The molecule has 1 N–H and O–H groups in total. The van der Waals surface area contributed by atoms with E-state index >= 15 is 0 Å². The predicted octanol–water partition coefficient (Wildman–Crippen LogP) is 5.14. The van der Waals surface area contributed by atoms with Gasteiger partial charge in [-0.3, -0.25) is 14.3 Å². The van der Waals surface area contributed by atoms with Crippen LogP contribution in [0.3, 0.4) is 0 Å². The Labute approximate surface area is 208 Å². The van der Waals surface area contributed by atoms with Crippen molar-refractivity contribution in [2.45, 2.75) is 20.4 Å². The summed E-state index contributed by atoms with van der Waals surface area (Å²) in [4.78, 5) is 30.6. The highest BCUT2D eigenvalue weighted by Gasteiger charge is 2.16. The zero-order valence-electron chi connectivity index (χ0n) is 20.5. The summed E-state index contributed by atoms with van der Waals surface area (Å²) in [6.07, 6.45) is 3.60. The van der Waals surface area contributed by atoms with Gasteiger partial charge >= 0.3 is 0 Å². The number of fused-ring (bicyclic) bond motifs is 1. The van der Waals surface area contributed by atoms with Crippen molar-refractivity contribution >= 4 is 34.4 Å². The minimum atomic E-state index is -0.182. The number of anilines is 1. The van der Waals surface area contributed by atoms with Gasteiger partial charge < -0.3 is 9.88 Å². The molecule has 0 saturated carbocycles. The average Bonchev–Trinajstić information content (AvgIpc) is 3.33. The number of aromatic nitrogens is 3. The highest BCUT2D eigenvalue weighted by molar-refractivity contribution is 6.01. The first kappa shape index (κ1) is 23.1. The minimum Gasteiger partial charge on any atom is -0.337 e. The minimum absolute atomic E-state index is 0.118. The summed E-state index contributed by atoms with van der Waals surface area (Å²) in [6, 6.07) is 25.1. The van der Waals surface area contributed by atoms with Crippen LogP contribution in [0.4, 0.5) is 11.4 Å². The molecule has 5 rings (SSSR count). The summed E-state index contributed by atoms with van der Waals surface area (Å²) in [5, 5.41) is 3.91. The van der Waals surface area contributed by atoms with Crippen LogP contribution in [0.5, 0.6) is 0 Å². The standard InChI is InChI=1S/C29H27N5O2/c1-20-13-15-23(16-14-20)31-27(35)19-33-18-22(25-11-7-8-12-26(25)33)17-30-28-21(2)32(3)34(29(28)36)24-9-5-4-6-10-24/h4-18H,19H2,1-3H3,(H,31,35). The normalized spacial score (nSPS) is 11.4. The first-order valence-electron chi connectivity index (χ1n) is 11.7. The largest absolute Gasteiger partial charge is 0.337 e. The second-order valence-electron chi connectivity index (χ2n) is 8.81. The van der Waals surface area contributed by atoms with Gasteiger partial charge in [0, 0.05) is 41.6 Å². The molecule has 7 heteroatoms. The highest BCUT2D eigenvalue weighted by Crippen LogP contribution is 2.22. The van der Waals surface area contributed by atoms with Gasteiger partial charge in [-0.2, -0.15) is 0 Å². The third-order valence-corrected chi connectivity index (χ3v) is 6.33. The van der Waals surface area contributed by atoms with Crippen molar-refractivity contribution in [1.29, 1.82) is 0 Å². The van der Waals surface area contributed by atoms with Crippen molar-refractivity contribution < 1.29 is 4.79 Å². The number of amides is 1. The third-order valence-electron chi connectivity index (χ3n) is 6.33. The molecular weight excluding hydrogens is 450 g/mol. The van der Waals surface area contributed by atoms with E-state index in [1.54, 1.807) is 10.9 Å². The van der Waals surface area contributed by atoms with Crippen LogP contribution in [0.1, 0.15) is 16.8 Å². The number of nitrogens with one attached hydrogen (secondary N) is 1. The molecule has 3 aromatic carbocycles. The quantitative estimate of drug-likeness (QED) is 0.344. The van der Waals surface area contributed by atoms with E-state index in [9.17, 15) is 9.59 Å². The molecule has 0 unspecified atom stereocenters. The number of hydrogen-bond acceptors (Lipinski definition) is 3. The fraction of sp³-hybridized carbons (Fsp3) is 0.138. The Hall–Kier alpha value is -4.65. The van der Waals surface area contributed by atoms with Gasteiger partial charge in [0.1, 0.15) is 6.54 Å². The maximum atomic E-state index is 13.2. The number of hydrogen-bond donors (Lipinski definition) is 1. The van der Waals surface area contributed by atoms with Gasteiger partial charge in [0.05, 0.1) is 11.4 Å². The van der Waals surface area contributed by atoms with E-state index in [1.165, 1.54) is 0 Å². The molecule has 0 aliphatic carbocycles. The average molecular weight is 478 g/mol. The Morgan fingerprint density at radius 2 is 1.64 bits per heavy atom. The zero-order chi connectivity index (χ0) is 25.2. The molecule has 1 amide bonds. The Morgan fingerprint density at radius 1 is 0.944 bits per heavy atom. The number of carbonyl (C=O) groups is 1. The molecule has 0 aliphatic heterocycles. The van der Waals surface area contributed by atoms with Gasteiger partial charge in [0.15, 0.2) is 5.69 Å². The second kappa shape index (κ2) is 9.54. The Kier molecular flexibility index (Phi) is 6.12. The fourth-order valence-electron chi connectivity index (χ4n) is 4.34. The van der Waals surface area contributed by atoms with E-state index in [1.807, 2.05) is 115 Å². The number of aryl methyl sites for hydroxylation is 1. The molecule has 0 spiro atoms. The number of para-hydroxylation sites is 2. The lowest BCUT2D eigenvalue weighted by molar-refractivity contribution is -0.116. The smallest absolute Gasteiger partial charge is 0.297 e. The lowest BCUT2D eigenvalue weighted by Gasteiger charge is -2.07. The van der Waals surface area contributed by atoms with Crippen LogP contribution >= 0.6 is 0 Å². The van der Waals surface area contributed by atoms with E-state index in [2.05, 4.69) is 10.3 Å². The van der Waals surface area contributed by atoms with Crippen molar-refractivity contribution in [3.8, 4) is 5.69 Å². The summed E-state index contributed by atoms with van der Waals surface area (Å²) < 4.78 is 5.32. The number of aliphatic imine (C=N–C) groups is 1. The van der Waals surface area contributed by atoms with Gasteiger partial charge in [-0.25, -0.2) is 9.67 Å².